The summed E-state index contributed by atoms with van der Waals surface area (Å²) in [5.74, 6) is 0. The lowest BCUT2D eigenvalue weighted by atomic mass is 10.0. The minimum Gasteiger partial charge on any atom is -0.445 e. The third kappa shape index (κ3) is 4.81. The van der Waals surface area contributed by atoms with Gasteiger partial charge >= 0.3 is 6.09 Å². The standard InChI is InChI=1S/C20H19N3O2/c24-20(25-15-16-7-2-1-3-8-16)21-13-6-10-17-9-4-5-11-18(17)19-12-14-22-23-19/h1-12,14H,13,15H2,(H,21,24)(H,22,23). The molecule has 0 saturated heterocycles. The number of hydrogen-bond donors (Lipinski definition) is 2. The van der Waals surface area contributed by atoms with Gasteiger partial charge in [-0.05, 0) is 17.2 Å². The number of amides is 1. The molecular weight excluding hydrogens is 314 g/mol. The minimum absolute atomic E-state index is 0.263. The van der Waals surface area contributed by atoms with Crippen LogP contribution in [0.4, 0.5) is 4.79 Å². The van der Waals surface area contributed by atoms with Crippen LogP contribution < -0.4 is 5.32 Å². The Hall–Kier alpha value is -3.34. The topological polar surface area (TPSA) is 67.0 Å². The van der Waals surface area contributed by atoms with E-state index in [0.29, 0.717) is 6.54 Å². The normalized spacial score (nSPS) is 10.7. The predicted octanol–water partition coefficient (Wildman–Crippen LogP) is 4.02. The lowest BCUT2D eigenvalue weighted by Gasteiger charge is -2.06. The van der Waals surface area contributed by atoms with Gasteiger partial charge in [0.25, 0.3) is 0 Å². The lowest BCUT2D eigenvalue weighted by Crippen LogP contribution is -2.24. The largest absolute Gasteiger partial charge is 0.445 e. The highest BCUT2D eigenvalue weighted by molar-refractivity contribution is 5.73. The molecule has 5 heteroatoms. The Bertz CT molecular complexity index is 827. The van der Waals surface area contributed by atoms with E-state index >= 15 is 0 Å². The Morgan fingerprint density at radius 2 is 1.88 bits per heavy atom. The number of carbonyl (C=O) groups excluding carboxylic acids is 1. The second-order valence-corrected chi connectivity index (χ2v) is 5.40. The summed E-state index contributed by atoms with van der Waals surface area (Å²) in [4.78, 5) is 11.7. The molecule has 0 unspecified atom stereocenters. The highest BCUT2D eigenvalue weighted by atomic mass is 16.5. The summed E-state index contributed by atoms with van der Waals surface area (Å²) in [6.45, 7) is 0.657. The molecule has 5 nitrogen and oxygen atoms in total. The molecule has 0 fully saturated rings. The molecule has 0 aliphatic rings. The molecule has 0 radical (unpaired) electrons. The van der Waals surface area contributed by atoms with Gasteiger partial charge in [0, 0.05) is 18.3 Å². The van der Waals surface area contributed by atoms with Crippen molar-refractivity contribution < 1.29 is 9.53 Å². The summed E-state index contributed by atoms with van der Waals surface area (Å²) in [5, 5.41) is 9.65. The number of nitrogens with one attached hydrogen (secondary N) is 2. The molecule has 126 valence electrons. The quantitative estimate of drug-likeness (QED) is 0.716. The number of aromatic nitrogens is 2. The van der Waals surface area contributed by atoms with Crippen molar-refractivity contribution in [3.8, 4) is 11.3 Å². The van der Waals surface area contributed by atoms with Gasteiger partial charge in [-0.1, -0.05) is 66.7 Å². The zero-order chi connectivity index (χ0) is 17.3. The van der Waals surface area contributed by atoms with Crippen LogP contribution in [-0.4, -0.2) is 22.8 Å². The second-order valence-electron chi connectivity index (χ2n) is 5.40. The van der Waals surface area contributed by atoms with E-state index in [2.05, 4.69) is 15.5 Å². The molecule has 25 heavy (non-hydrogen) atoms. The summed E-state index contributed by atoms with van der Waals surface area (Å²) < 4.78 is 5.17. The van der Waals surface area contributed by atoms with Gasteiger partial charge < -0.3 is 10.1 Å². The number of rotatable bonds is 6. The van der Waals surface area contributed by atoms with E-state index in [1.165, 1.54) is 0 Å². The monoisotopic (exact) mass is 333 g/mol. The number of H-pyrrole nitrogens is 1. The van der Waals surface area contributed by atoms with Crippen LogP contribution in [0.3, 0.4) is 0 Å². The van der Waals surface area contributed by atoms with Crippen LogP contribution >= 0.6 is 0 Å². The summed E-state index contributed by atoms with van der Waals surface area (Å²) in [6.07, 6.45) is 5.14. The number of ether oxygens (including phenoxy) is 1. The average Bonchev–Trinajstić information content (AvgIpc) is 3.19. The van der Waals surface area contributed by atoms with Crippen LogP contribution in [0.1, 0.15) is 11.1 Å². The van der Waals surface area contributed by atoms with E-state index in [1.807, 2.05) is 72.8 Å². The molecule has 0 atom stereocenters. The maximum absolute atomic E-state index is 11.7. The maximum Gasteiger partial charge on any atom is 0.407 e. The van der Waals surface area contributed by atoms with Crippen LogP contribution in [0.5, 0.6) is 0 Å². The number of alkyl carbamates (subject to hydrolysis) is 1. The molecule has 1 amide bonds. The van der Waals surface area contributed by atoms with Crippen molar-refractivity contribution >= 4 is 12.2 Å². The first-order valence-electron chi connectivity index (χ1n) is 8.03. The first-order chi connectivity index (χ1) is 12.3. The van der Waals surface area contributed by atoms with Gasteiger partial charge in [0.2, 0.25) is 0 Å². The smallest absolute Gasteiger partial charge is 0.407 e. The molecule has 0 aliphatic heterocycles. The van der Waals surface area contributed by atoms with Crippen molar-refractivity contribution in [3.05, 3.63) is 84.1 Å². The van der Waals surface area contributed by atoms with E-state index in [-0.39, 0.29) is 6.61 Å². The SMILES string of the molecule is O=C(NCC=Cc1ccccc1-c1ccn[nH]1)OCc1ccccc1. The van der Waals surface area contributed by atoms with Crippen LogP contribution in [0, 0.1) is 0 Å². The summed E-state index contributed by atoms with van der Waals surface area (Å²) in [6, 6.07) is 19.5. The third-order valence-electron chi connectivity index (χ3n) is 3.63. The molecule has 0 saturated carbocycles. The van der Waals surface area contributed by atoms with Gasteiger partial charge in [0.05, 0.1) is 5.69 Å². The molecule has 1 aromatic heterocycles. The van der Waals surface area contributed by atoms with Gasteiger partial charge in [0.15, 0.2) is 0 Å². The number of nitrogens with zero attached hydrogens (tertiary/aromatic N) is 1. The Kier molecular flexibility index (Phi) is 5.61. The second kappa shape index (κ2) is 8.49. The third-order valence-corrected chi connectivity index (χ3v) is 3.63. The van der Waals surface area contributed by atoms with Crippen LogP contribution in [0.15, 0.2) is 72.9 Å². The van der Waals surface area contributed by atoms with Crippen molar-refractivity contribution in [1.82, 2.24) is 15.5 Å². The molecule has 3 aromatic rings. The van der Waals surface area contributed by atoms with Crippen LogP contribution in [-0.2, 0) is 11.3 Å². The first-order valence-corrected chi connectivity index (χ1v) is 8.03. The van der Waals surface area contributed by atoms with Crippen molar-refractivity contribution in [1.29, 1.82) is 0 Å². The molecule has 3 rings (SSSR count). The molecular formula is C20H19N3O2. The van der Waals surface area contributed by atoms with Crippen molar-refractivity contribution in [2.45, 2.75) is 6.61 Å². The van der Waals surface area contributed by atoms with Gasteiger partial charge in [-0.15, -0.1) is 0 Å². The predicted molar refractivity (Wildman–Crippen MR) is 97.7 cm³/mol. The van der Waals surface area contributed by atoms with Crippen molar-refractivity contribution in [2.75, 3.05) is 6.54 Å². The van der Waals surface area contributed by atoms with Crippen LogP contribution in [0.2, 0.25) is 0 Å². The molecule has 0 spiro atoms. The van der Waals surface area contributed by atoms with Crippen molar-refractivity contribution in [3.63, 3.8) is 0 Å². The average molecular weight is 333 g/mol. The summed E-state index contributed by atoms with van der Waals surface area (Å²) in [5.41, 5.74) is 4.02. The Morgan fingerprint density at radius 3 is 2.68 bits per heavy atom. The van der Waals surface area contributed by atoms with E-state index < -0.39 is 6.09 Å². The van der Waals surface area contributed by atoms with E-state index in [1.54, 1.807) is 6.20 Å². The van der Waals surface area contributed by atoms with Gasteiger partial charge in [-0.3, -0.25) is 5.10 Å². The fourth-order valence-corrected chi connectivity index (χ4v) is 2.40. The molecule has 1 heterocycles. The zero-order valence-electron chi connectivity index (χ0n) is 13.7. The summed E-state index contributed by atoms with van der Waals surface area (Å²) >= 11 is 0. The number of benzene rings is 2. The number of aromatic amines is 1. The maximum atomic E-state index is 11.7. The minimum atomic E-state index is -0.435. The summed E-state index contributed by atoms with van der Waals surface area (Å²) in [7, 11) is 0. The molecule has 2 N–H and O–H groups in total. The van der Waals surface area contributed by atoms with Gasteiger partial charge in [-0.25, -0.2) is 4.79 Å². The van der Waals surface area contributed by atoms with E-state index in [4.69, 9.17) is 4.74 Å². The Morgan fingerprint density at radius 1 is 1.08 bits per heavy atom. The molecule has 2 aromatic carbocycles. The number of hydrogen-bond acceptors (Lipinski definition) is 3. The van der Waals surface area contributed by atoms with Crippen molar-refractivity contribution in [2.24, 2.45) is 0 Å². The highest BCUT2D eigenvalue weighted by Crippen LogP contribution is 2.22. The van der Waals surface area contributed by atoms with Gasteiger partial charge in [0.1, 0.15) is 6.61 Å². The first kappa shape index (κ1) is 16.5. The van der Waals surface area contributed by atoms with E-state index in [9.17, 15) is 4.79 Å². The Balaban J connectivity index is 1.50. The fourth-order valence-electron chi connectivity index (χ4n) is 2.40. The number of carbonyl (C=O) groups is 1. The van der Waals surface area contributed by atoms with Gasteiger partial charge in [-0.2, -0.15) is 5.10 Å². The fraction of sp³-hybridized carbons (Fsp3) is 0.100. The van der Waals surface area contributed by atoms with E-state index in [0.717, 1.165) is 22.4 Å². The molecule has 0 aliphatic carbocycles. The Labute approximate surface area is 146 Å². The highest BCUT2D eigenvalue weighted by Gasteiger charge is 2.03. The van der Waals surface area contributed by atoms with Crippen LogP contribution in [0.25, 0.3) is 17.3 Å². The lowest BCUT2D eigenvalue weighted by molar-refractivity contribution is 0.141. The zero-order valence-corrected chi connectivity index (χ0v) is 13.7. The molecule has 0 bridgehead atoms.